The number of nitrogens with zero attached hydrogens (tertiary/aromatic N) is 2. The van der Waals surface area contributed by atoms with Crippen molar-refractivity contribution in [2.24, 2.45) is 7.05 Å². The quantitative estimate of drug-likeness (QED) is 0.711. The third-order valence-corrected chi connectivity index (χ3v) is 3.58. The minimum Gasteiger partial charge on any atom is -0.399 e. The molecular weight excluding hydrogens is 234 g/mol. The molecule has 1 heterocycles. The summed E-state index contributed by atoms with van der Waals surface area (Å²) in [6.07, 6.45) is 0.826. The highest BCUT2D eigenvalue weighted by Crippen LogP contribution is 2.19. The van der Waals surface area contributed by atoms with Gasteiger partial charge in [-0.05, 0) is 36.2 Å². The van der Waals surface area contributed by atoms with Crippen molar-refractivity contribution in [2.75, 3.05) is 5.73 Å². The molecule has 3 rings (SSSR count). The molecule has 0 unspecified atom stereocenters. The number of imidazole rings is 1. The molecule has 0 saturated carbocycles. The Bertz CT molecular complexity index is 741. The van der Waals surface area contributed by atoms with Crippen LogP contribution in [0.25, 0.3) is 11.0 Å². The van der Waals surface area contributed by atoms with Crippen molar-refractivity contribution in [2.45, 2.75) is 13.3 Å². The second-order valence-electron chi connectivity index (χ2n) is 4.94. The lowest BCUT2D eigenvalue weighted by Gasteiger charge is -2.05. The average Bonchev–Trinajstić information content (AvgIpc) is 2.72. The lowest BCUT2D eigenvalue weighted by atomic mass is 10.1. The summed E-state index contributed by atoms with van der Waals surface area (Å²) in [5.74, 6) is 1.07. The Labute approximate surface area is 112 Å². The molecule has 0 aliphatic rings. The lowest BCUT2D eigenvalue weighted by molar-refractivity contribution is 0.844. The Kier molecular flexibility index (Phi) is 2.75. The highest BCUT2D eigenvalue weighted by atomic mass is 15.1. The second-order valence-corrected chi connectivity index (χ2v) is 4.94. The van der Waals surface area contributed by atoms with Crippen LogP contribution in [0.5, 0.6) is 0 Å². The zero-order valence-corrected chi connectivity index (χ0v) is 11.2. The fourth-order valence-electron chi connectivity index (χ4n) is 2.38. The third-order valence-electron chi connectivity index (χ3n) is 3.58. The second kappa shape index (κ2) is 4.43. The van der Waals surface area contributed by atoms with Crippen LogP contribution >= 0.6 is 0 Å². The molecule has 0 atom stereocenters. The predicted molar refractivity (Wildman–Crippen MR) is 79.1 cm³/mol. The summed E-state index contributed by atoms with van der Waals surface area (Å²) in [5, 5.41) is 0. The fourth-order valence-corrected chi connectivity index (χ4v) is 2.38. The van der Waals surface area contributed by atoms with Crippen molar-refractivity contribution >= 4 is 16.7 Å². The van der Waals surface area contributed by atoms with Crippen LogP contribution in [0.4, 0.5) is 5.69 Å². The normalized spacial score (nSPS) is 11.1. The monoisotopic (exact) mass is 251 g/mol. The first-order valence-corrected chi connectivity index (χ1v) is 6.40. The molecule has 0 bridgehead atoms. The molecular formula is C16H17N3. The smallest absolute Gasteiger partial charge is 0.114 e. The molecule has 2 aromatic carbocycles. The van der Waals surface area contributed by atoms with Gasteiger partial charge in [0, 0.05) is 19.2 Å². The van der Waals surface area contributed by atoms with E-state index in [0.717, 1.165) is 29.0 Å². The first-order valence-electron chi connectivity index (χ1n) is 6.40. The van der Waals surface area contributed by atoms with Gasteiger partial charge in [0.25, 0.3) is 0 Å². The SMILES string of the molecule is Cc1cc(Cc2nc3ccccc3n2C)ccc1N. The summed E-state index contributed by atoms with van der Waals surface area (Å²) in [4.78, 5) is 4.69. The van der Waals surface area contributed by atoms with E-state index < -0.39 is 0 Å². The maximum atomic E-state index is 5.85. The number of nitrogen functional groups attached to an aromatic ring is 1. The van der Waals surface area contributed by atoms with Crippen molar-refractivity contribution in [3.8, 4) is 0 Å². The van der Waals surface area contributed by atoms with E-state index in [0.29, 0.717) is 0 Å². The van der Waals surface area contributed by atoms with Crippen LogP contribution in [0.2, 0.25) is 0 Å². The van der Waals surface area contributed by atoms with E-state index >= 15 is 0 Å². The van der Waals surface area contributed by atoms with Crippen molar-refractivity contribution in [1.82, 2.24) is 9.55 Å². The summed E-state index contributed by atoms with van der Waals surface area (Å²) in [5.41, 5.74) is 11.3. The van der Waals surface area contributed by atoms with Crippen LogP contribution in [-0.2, 0) is 13.5 Å². The van der Waals surface area contributed by atoms with Gasteiger partial charge in [0.05, 0.1) is 11.0 Å². The maximum absolute atomic E-state index is 5.85. The van der Waals surface area contributed by atoms with E-state index in [1.807, 2.05) is 31.2 Å². The van der Waals surface area contributed by atoms with Gasteiger partial charge in [-0.25, -0.2) is 4.98 Å². The van der Waals surface area contributed by atoms with Gasteiger partial charge in [-0.2, -0.15) is 0 Å². The Morgan fingerprint density at radius 1 is 1.16 bits per heavy atom. The molecule has 1 aromatic heterocycles. The molecule has 2 N–H and O–H groups in total. The van der Waals surface area contributed by atoms with Gasteiger partial charge in [-0.15, -0.1) is 0 Å². The number of anilines is 1. The van der Waals surface area contributed by atoms with Gasteiger partial charge in [0.1, 0.15) is 5.82 Å². The van der Waals surface area contributed by atoms with Crippen molar-refractivity contribution in [3.05, 3.63) is 59.4 Å². The molecule has 96 valence electrons. The van der Waals surface area contributed by atoms with Gasteiger partial charge in [0.15, 0.2) is 0 Å². The van der Waals surface area contributed by atoms with Gasteiger partial charge in [-0.1, -0.05) is 24.3 Å². The molecule has 3 aromatic rings. The third kappa shape index (κ3) is 2.08. The van der Waals surface area contributed by atoms with E-state index in [1.165, 1.54) is 11.1 Å². The number of aromatic nitrogens is 2. The van der Waals surface area contributed by atoms with Crippen LogP contribution in [-0.4, -0.2) is 9.55 Å². The maximum Gasteiger partial charge on any atom is 0.114 e. The zero-order valence-electron chi connectivity index (χ0n) is 11.2. The summed E-state index contributed by atoms with van der Waals surface area (Å²) in [7, 11) is 2.06. The fraction of sp³-hybridized carbons (Fsp3) is 0.188. The van der Waals surface area contributed by atoms with Crippen molar-refractivity contribution in [3.63, 3.8) is 0 Å². The van der Waals surface area contributed by atoms with Gasteiger partial charge in [0.2, 0.25) is 0 Å². The summed E-state index contributed by atoms with van der Waals surface area (Å²) in [6, 6.07) is 14.4. The molecule has 0 aliphatic carbocycles. The number of aryl methyl sites for hydroxylation is 2. The number of rotatable bonds is 2. The van der Waals surface area contributed by atoms with E-state index in [2.05, 4.69) is 29.8 Å². The Hall–Kier alpha value is -2.29. The molecule has 0 spiro atoms. The van der Waals surface area contributed by atoms with Crippen LogP contribution in [0.3, 0.4) is 0 Å². The number of benzene rings is 2. The number of nitrogens with two attached hydrogens (primary N) is 1. The summed E-state index contributed by atoms with van der Waals surface area (Å²) < 4.78 is 2.15. The van der Waals surface area contributed by atoms with E-state index in [4.69, 9.17) is 10.7 Å². The Balaban J connectivity index is 2.01. The topological polar surface area (TPSA) is 43.8 Å². The van der Waals surface area contributed by atoms with Crippen LogP contribution < -0.4 is 5.73 Å². The first kappa shape index (κ1) is 11.8. The average molecular weight is 251 g/mol. The Morgan fingerprint density at radius 3 is 2.68 bits per heavy atom. The lowest BCUT2D eigenvalue weighted by Crippen LogP contribution is -2.00. The van der Waals surface area contributed by atoms with Crippen molar-refractivity contribution < 1.29 is 0 Å². The zero-order chi connectivity index (χ0) is 13.4. The standard InChI is InChI=1S/C16H17N3/c1-11-9-12(7-8-13(11)17)10-16-18-14-5-3-4-6-15(14)19(16)2/h3-9H,10,17H2,1-2H3. The summed E-state index contributed by atoms with van der Waals surface area (Å²) in [6.45, 7) is 2.04. The molecule has 3 heteroatoms. The van der Waals surface area contributed by atoms with Crippen LogP contribution in [0.15, 0.2) is 42.5 Å². The Morgan fingerprint density at radius 2 is 1.95 bits per heavy atom. The predicted octanol–water partition coefficient (Wildman–Crippen LogP) is 3.05. The summed E-state index contributed by atoms with van der Waals surface area (Å²) >= 11 is 0. The van der Waals surface area contributed by atoms with Gasteiger partial charge >= 0.3 is 0 Å². The largest absolute Gasteiger partial charge is 0.399 e. The number of para-hydroxylation sites is 2. The number of hydrogen-bond acceptors (Lipinski definition) is 2. The first-order chi connectivity index (χ1) is 9.15. The molecule has 19 heavy (non-hydrogen) atoms. The van der Waals surface area contributed by atoms with Crippen LogP contribution in [0.1, 0.15) is 17.0 Å². The molecule has 0 amide bonds. The molecule has 0 aliphatic heterocycles. The molecule has 0 fully saturated rings. The van der Waals surface area contributed by atoms with Gasteiger partial charge in [-0.3, -0.25) is 0 Å². The van der Waals surface area contributed by atoms with E-state index in [9.17, 15) is 0 Å². The van der Waals surface area contributed by atoms with Crippen molar-refractivity contribution in [1.29, 1.82) is 0 Å². The van der Waals surface area contributed by atoms with E-state index in [1.54, 1.807) is 0 Å². The molecule has 0 radical (unpaired) electrons. The number of hydrogen-bond donors (Lipinski definition) is 1. The minimum atomic E-state index is 0.826. The number of fused-ring (bicyclic) bond motifs is 1. The molecule has 0 saturated heterocycles. The molecule has 3 nitrogen and oxygen atoms in total. The van der Waals surface area contributed by atoms with E-state index in [-0.39, 0.29) is 0 Å². The van der Waals surface area contributed by atoms with Crippen LogP contribution in [0, 0.1) is 6.92 Å². The highest BCUT2D eigenvalue weighted by molar-refractivity contribution is 5.75. The van der Waals surface area contributed by atoms with Gasteiger partial charge < -0.3 is 10.3 Å². The minimum absolute atomic E-state index is 0.826. The highest BCUT2D eigenvalue weighted by Gasteiger charge is 2.08.